The Morgan fingerprint density at radius 2 is 1.87 bits per heavy atom. The lowest BCUT2D eigenvalue weighted by molar-refractivity contribution is -0.274. The number of alkyl halides is 3. The van der Waals surface area contributed by atoms with Crippen LogP contribution in [0.25, 0.3) is 11.0 Å². The van der Waals surface area contributed by atoms with Gasteiger partial charge in [0, 0.05) is 36.8 Å². The number of hydrogen-bond donors (Lipinski definition) is 1. The van der Waals surface area contributed by atoms with Crippen LogP contribution in [-0.4, -0.2) is 44.3 Å². The van der Waals surface area contributed by atoms with Gasteiger partial charge in [-0.1, -0.05) is 12.1 Å². The molecule has 10 heteroatoms. The van der Waals surface area contributed by atoms with E-state index in [4.69, 9.17) is 0 Å². The molecule has 2 aromatic heterocycles. The number of carbonyl (C=O) groups is 2. The average molecular weight is 530 g/mol. The number of carboxylic acid groups (broad SMARTS) is 1. The summed E-state index contributed by atoms with van der Waals surface area (Å²) in [7, 11) is 0. The van der Waals surface area contributed by atoms with E-state index in [2.05, 4.69) is 9.72 Å². The van der Waals surface area contributed by atoms with E-state index in [0.29, 0.717) is 45.3 Å². The normalized spacial score (nSPS) is 21.8. The van der Waals surface area contributed by atoms with Crippen molar-refractivity contribution in [3.63, 3.8) is 0 Å². The Balaban J connectivity index is 1.33. The number of halogens is 3. The summed E-state index contributed by atoms with van der Waals surface area (Å²) in [4.78, 5) is 31.3. The molecule has 1 fully saturated rings. The van der Waals surface area contributed by atoms with E-state index in [1.54, 1.807) is 25.3 Å². The highest BCUT2D eigenvalue weighted by Gasteiger charge is 2.38. The summed E-state index contributed by atoms with van der Waals surface area (Å²) in [5, 5.41) is 10.5. The average Bonchev–Trinajstić information content (AvgIpc) is 3.18. The summed E-state index contributed by atoms with van der Waals surface area (Å²) in [6.45, 7) is 3.21. The zero-order chi connectivity index (χ0) is 27.1. The molecule has 38 heavy (non-hydrogen) atoms. The van der Waals surface area contributed by atoms with Crippen LogP contribution in [0.4, 0.5) is 13.2 Å². The van der Waals surface area contributed by atoms with Gasteiger partial charge in [-0.15, -0.1) is 13.2 Å². The molecule has 7 nitrogen and oxygen atoms in total. The molecule has 0 saturated heterocycles. The largest absolute Gasteiger partial charge is 0.573 e. The van der Waals surface area contributed by atoms with E-state index >= 15 is 0 Å². The highest BCUT2D eigenvalue weighted by atomic mass is 19.4. The number of ether oxygens (including phenoxy) is 1. The standard InChI is InChI=1S/C28H30F3N3O4/c1-27(26(36)37)11-8-18(9-12-27)15-24(35)33-14-10-21-22-3-2-13-32-25(22)34(23(21)17-33)16-19-4-6-20(7-5-19)38-28(29,30)31/h2-7,13,18H,8-12,14-17H2,1H3,(H,36,37)/t18-,27+. The Morgan fingerprint density at radius 1 is 1.16 bits per heavy atom. The molecule has 3 aromatic rings. The maximum absolute atomic E-state index is 13.3. The van der Waals surface area contributed by atoms with Crippen LogP contribution in [0.5, 0.6) is 5.75 Å². The van der Waals surface area contributed by atoms with Gasteiger partial charge >= 0.3 is 12.3 Å². The molecule has 1 aliphatic heterocycles. The van der Waals surface area contributed by atoms with Crippen LogP contribution in [0.2, 0.25) is 0 Å². The Kier molecular flexibility index (Phi) is 6.83. The number of aromatic nitrogens is 2. The van der Waals surface area contributed by atoms with E-state index in [-0.39, 0.29) is 17.6 Å². The smallest absolute Gasteiger partial charge is 0.481 e. The molecule has 1 amide bonds. The molecule has 0 unspecified atom stereocenters. The van der Waals surface area contributed by atoms with Crippen LogP contribution in [0.1, 0.15) is 55.8 Å². The first-order chi connectivity index (χ1) is 18.0. The second kappa shape index (κ2) is 9.96. The second-order valence-corrected chi connectivity index (χ2v) is 10.7. The van der Waals surface area contributed by atoms with Gasteiger partial charge in [0.1, 0.15) is 11.4 Å². The van der Waals surface area contributed by atoms with Gasteiger partial charge in [-0.25, -0.2) is 4.98 Å². The summed E-state index contributed by atoms with van der Waals surface area (Å²) < 4.78 is 43.6. The number of carbonyl (C=O) groups excluding carboxylic acids is 1. The molecular weight excluding hydrogens is 499 g/mol. The minimum Gasteiger partial charge on any atom is -0.481 e. The number of pyridine rings is 1. The van der Waals surface area contributed by atoms with Gasteiger partial charge in [-0.2, -0.15) is 0 Å². The number of amides is 1. The van der Waals surface area contributed by atoms with Gasteiger partial charge in [0.15, 0.2) is 0 Å². The minimum absolute atomic E-state index is 0.0676. The quantitative estimate of drug-likeness (QED) is 0.453. The summed E-state index contributed by atoms with van der Waals surface area (Å²) >= 11 is 0. The van der Waals surface area contributed by atoms with Crippen LogP contribution >= 0.6 is 0 Å². The molecule has 1 aliphatic carbocycles. The molecule has 5 rings (SSSR count). The summed E-state index contributed by atoms with van der Waals surface area (Å²) in [6.07, 6.45) is 0.679. The predicted molar refractivity (Wildman–Crippen MR) is 133 cm³/mol. The molecule has 1 N–H and O–H groups in total. The van der Waals surface area contributed by atoms with E-state index in [1.807, 2.05) is 21.6 Å². The van der Waals surface area contributed by atoms with E-state index in [1.165, 1.54) is 12.1 Å². The van der Waals surface area contributed by atoms with Crippen LogP contribution in [0.3, 0.4) is 0 Å². The Morgan fingerprint density at radius 3 is 2.53 bits per heavy atom. The highest BCUT2D eigenvalue weighted by molar-refractivity contribution is 5.84. The minimum atomic E-state index is -4.75. The number of nitrogens with zero attached hydrogens (tertiary/aromatic N) is 3. The lowest BCUT2D eigenvalue weighted by Crippen LogP contribution is -2.39. The first-order valence-corrected chi connectivity index (χ1v) is 12.8. The van der Waals surface area contributed by atoms with Crippen molar-refractivity contribution < 1.29 is 32.6 Å². The first kappa shape index (κ1) is 26.1. The number of carboxylic acids is 1. The molecule has 1 saturated carbocycles. The number of rotatable bonds is 6. The topological polar surface area (TPSA) is 84.7 Å². The van der Waals surface area contributed by atoms with Crippen molar-refractivity contribution in [3.05, 3.63) is 59.4 Å². The van der Waals surface area contributed by atoms with Gasteiger partial charge in [-0.3, -0.25) is 9.59 Å². The molecule has 0 spiro atoms. The third kappa shape index (κ3) is 5.35. The molecule has 3 heterocycles. The van der Waals surface area contributed by atoms with Crippen molar-refractivity contribution in [2.24, 2.45) is 11.3 Å². The summed E-state index contributed by atoms with van der Waals surface area (Å²) in [5.41, 5.74) is 2.99. The lowest BCUT2D eigenvalue weighted by Gasteiger charge is -2.35. The zero-order valence-electron chi connectivity index (χ0n) is 21.1. The molecule has 1 aromatic carbocycles. The van der Waals surface area contributed by atoms with Crippen LogP contribution in [-0.2, 0) is 29.1 Å². The van der Waals surface area contributed by atoms with Crippen LogP contribution in [0, 0.1) is 11.3 Å². The SMILES string of the molecule is C[C@]1(C(=O)O)CC[C@@H](CC(=O)N2CCc3c(n(Cc4ccc(OC(F)(F)F)cc4)c4ncccc34)C2)CC1. The van der Waals surface area contributed by atoms with E-state index < -0.39 is 17.7 Å². The summed E-state index contributed by atoms with van der Waals surface area (Å²) in [5.74, 6) is -0.795. The Hall–Kier alpha value is -3.56. The molecule has 0 bridgehead atoms. The number of aliphatic carboxylic acids is 1. The van der Waals surface area contributed by atoms with Crippen molar-refractivity contribution in [1.82, 2.24) is 14.5 Å². The predicted octanol–water partition coefficient (Wildman–Crippen LogP) is 5.54. The maximum atomic E-state index is 13.3. The highest BCUT2D eigenvalue weighted by Crippen LogP contribution is 2.40. The number of benzene rings is 1. The van der Waals surface area contributed by atoms with Crippen LogP contribution in [0.15, 0.2) is 42.6 Å². The fourth-order valence-electron chi connectivity index (χ4n) is 5.73. The monoisotopic (exact) mass is 529 g/mol. The molecule has 202 valence electrons. The van der Waals surface area contributed by atoms with Crippen molar-refractivity contribution in [3.8, 4) is 5.75 Å². The Labute approximate surface area is 218 Å². The third-order valence-electron chi connectivity index (χ3n) is 8.05. The zero-order valence-corrected chi connectivity index (χ0v) is 21.1. The fourth-order valence-corrected chi connectivity index (χ4v) is 5.73. The summed E-state index contributed by atoms with van der Waals surface area (Å²) in [6, 6.07) is 9.68. The number of hydrogen-bond acceptors (Lipinski definition) is 4. The first-order valence-electron chi connectivity index (χ1n) is 12.8. The second-order valence-electron chi connectivity index (χ2n) is 10.7. The number of fused-ring (bicyclic) bond motifs is 3. The van der Waals surface area contributed by atoms with E-state index in [0.717, 1.165) is 40.7 Å². The van der Waals surface area contributed by atoms with Gasteiger partial charge < -0.3 is 19.3 Å². The lowest BCUT2D eigenvalue weighted by atomic mass is 9.71. The molecule has 0 radical (unpaired) electrons. The van der Waals surface area contributed by atoms with Crippen molar-refractivity contribution in [1.29, 1.82) is 0 Å². The molecular formula is C28H30F3N3O4. The van der Waals surface area contributed by atoms with Gasteiger partial charge in [0.25, 0.3) is 0 Å². The maximum Gasteiger partial charge on any atom is 0.573 e. The van der Waals surface area contributed by atoms with Crippen molar-refractivity contribution in [2.45, 2.75) is 64.9 Å². The van der Waals surface area contributed by atoms with E-state index in [9.17, 15) is 27.9 Å². The van der Waals surface area contributed by atoms with Crippen molar-refractivity contribution >= 4 is 22.9 Å². The van der Waals surface area contributed by atoms with Gasteiger partial charge in [-0.05, 0) is 80.3 Å². The van der Waals surface area contributed by atoms with Gasteiger partial charge in [0.2, 0.25) is 5.91 Å². The third-order valence-corrected chi connectivity index (χ3v) is 8.05. The molecule has 0 atom stereocenters. The van der Waals surface area contributed by atoms with Gasteiger partial charge in [0.05, 0.1) is 12.0 Å². The van der Waals surface area contributed by atoms with Crippen molar-refractivity contribution in [2.75, 3.05) is 6.54 Å². The fraction of sp³-hybridized carbons (Fsp3) is 0.464. The Bertz CT molecular complexity index is 1340. The molecule has 2 aliphatic rings. The van der Waals surface area contributed by atoms with Crippen LogP contribution < -0.4 is 4.74 Å².